The van der Waals surface area contributed by atoms with Crippen molar-refractivity contribution in [2.75, 3.05) is 19.0 Å². The van der Waals surface area contributed by atoms with Gasteiger partial charge in [-0.15, -0.1) is 10.2 Å². The zero-order valence-electron chi connectivity index (χ0n) is 14.6. The third kappa shape index (κ3) is 4.66. The van der Waals surface area contributed by atoms with E-state index in [-0.39, 0.29) is 12.5 Å². The topological polar surface area (TPSA) is 75.9 Å². The first-order valence-electron chi connectivity index (χ1n) is 8.08. The summed E-state index contributed by atoms with van der Waals surface area (Å²) < 4.78 is 0.978. The second-order valence-electron chi connectivity index (χ2n) is 5.99. The molecular weight excluding hydrogens is 396 g/mol. The molecule has 0 saturated carbocycles. The summed E-state index contributed by atoms with van der Waals surface area (Å²) in [5.41, 5.74) is 3.00. The van der Waals surface area contributed by atoms with Crippen LogP contribution in [-0.4, -0.2) is 40.2 Å². The maximum absolute atomic E-state index is 12.1. The quantitative estimate of drug-likeness (QED) is 0.670. The van der Waals surface area contributed by atoms with Crippen LogP contribution in [0.4, 0.5) is 5.69 Å². The van der Waals surface area contributed by atoms with Gasteiger partial charge in [0.25, 0.3) is 0 Å². The molecular formula is C18H19BrN6O. The molecule has 0 fully saturated rings. The van der Waals surface area contributed by atoms with Crippen LogP contribution in [0, 0.1) is 0 Å². The summed E-state index contributed by atoms with van der Waals surface area (Å²) in [6.45, 7) is 0.486. The number of amides is 1. The van der Waals surface area contributed by atoms with Gasteiger partial charge in [0.05, 0.1) is 0 Å². The lowest BCUT2D eigenvalue weighted by atomic mass is 10.2. The van der Waals surface area contributed by atoms with Crippen LogP contribution in [0.1, 0.15) is 5.56 Å². The van der Waals surface area contributed by atoms with Crippen LogP contribution in [0.25, 0.3) is 11.4 Å². The summed E-state index contributed by atoms with van der Waals surface area (Å²) in [7, 11) is 3.98. The molecule has 1 aromatic heterocycles. The van der Waals surface area contributed by atoms with Gasteiger partial charge in [0, 0.05) is 36.4 Å². The van der Waals surface area contributed by atoms with E-state index in [1.54, 1.807) is 0 Å². The molecule has 3 aromatic rings. The van der Waals surface area contributed by atoms with E-state index in [0.717, 1.165) is 21.3 Å². The molecule has 1 amide bonds. The van der Waals surface area contributed by atoms with E-state index >= 15 is 0 Å². The predicted octanol–water partition coefficient (Wildman–Crippen LogP) is 2.49. The molecule has 0 unspecified atom stereocenters. The van der Waals surface area contributed by atoms with E-state index in [2.05, 4.69) is 36.7 Å². The van der Waals surface area contributed by atoms with Crippen molar-refractivity contribution >= 4 is 27.5 Å². The second-order valence-corrected chi connectivity index (χ2v) is 6.90. The van der Waals surface area contributed by atoms with E-state index in [0.29, 0.717) is 12.4 Å². The number of hydrogen-bond donors (Lipinski definition) is 1. The van der Waals surface area contributed by atoms with Crippen LogP contribution >= 0.6 is 15.9 Å². The lowest BCUT2D eigenvalue weighted by Crippen LogP contribution is -2.28. The fraction of sp³-hybridized carbons (Fsp3) is 0.222. The maximum atomic E-state index is 12.1. The van der Waals surface area contributed by atoms with Crippen molar-refractivity contribution in [2.24, 2.45) is 0 Å². The first kappa shape index (κ1) is 18.1. The number of nitrogens with one attached hydrogen (secondary N) is 1. The maximum Gasteiger partial charge on any atom is 0.243 e. The molecule has 0 saturated heterocycles. The number of carbonyl (C=O) groups excluding carboxylic acids is 1. The Morgan fingerprint density at radius 1 is 1.12 bits per heavy atom. The minimum absolute atomic E-state index is 0.0271. The minimum Gasteiger partial charge on any atom is -0.378 e. The van der Waals surface area contributed by atoms with Crippen molar-refractivity contribution in [3.8, 4) is 11.4 Å². The van der Waals surface area contributed by atoms with Gasteiger partial charge in [0.2, 0.25) is 11.7 Å². The third-order valence-corrected chi connectivity index (χ3v) is 4.31. The number of rotatable bonds is 6. The number of tetrazole rings is 1. The van der Waals surface area contributed by atoms with Crippen molar-refractivity contribution in [2.45, 2.75) is 13.1 Å². The Morgan fingerprint density at radius 2 is 1.81 bits per heavy atom. The number of anilines is 1. The monoisotopic (exact) mass is 414 g/mol. The number of carbonyl (C=O) groups is 1. The molecule has 0 aliphatic carbocycles. The molecule has 26 heavy (non-hydrogen) atoms. The van der Waals surface area contributed by atoms with Crippen LogP contribution in [0.5, 0.6) is 0 Å². The Balaban J connectivity index is 1.54. The van der Waals surface area contributed by atoms with Crippen molar-refractivity contribution in [1.29, 1.82) is 0 Å². The van der Waals surface area contributed by atoms with E-state index < -0.39 is 0 Å². The molecule has 0 radical (unpaired) electrons. The second kappa shape index (κ2) is 8.09. The zero-order chi connectivity index (χ0) is 18.5. The largest absolute Gasteiger partial charge is 0.378 e. The van der Waals surface area contributed by atoms with Crippen molar-refractivity contribution in [3.05, 3.63) is 58.6 Å². The summed E-state index contributed by atoms with van der Waals surface area (Å²) in [5.74, 6) is 0.325. The summed E-state index contributed by atoms with van der Waals surface area (Å²) in [6.07, 6.45) is 0. The number of nitrogens with zero attached hydrogens (tertiary/aromatic N) is 5. The smallest absolute Gasteiger partial charge is 0.243 e. The summed E-state index contributed by atoms with van der Waals surface area (Å²) in [6, 6.07) is 15.6. The molecule has 3 rings (SSSR count). The summed E-state index contributed by atoms with van der Waals surface area (Å²) in [4.78, 5) is 15.4. The Hall–Kier alpha value is -2.74. The van der Waals surface area contributed by atoms with Crippen LogP contribution in [-0.2, 0) is 17.9 Å². The van der Waals surface area contributed by atoms with Crippen LogP contribution in [0.15, 0.2) is 53.0 Å². The molecule has 2 aromatic carbocycles. The Morgan fingerprint density at radius 3 is 2.46 bits per heavy atom. The average Bonchev–Trinajstić information content (AvgIpc) is 3.09. The minimum atomic E-state index is -0.165. The van der Waals surface area contributed by atoms with Crippen molar-refractivity contribution in [1.82, 2.24) is 25.5 Å². The van der Waals surface area contributed by atoms with E-state index in [1.165, 1.54) is 4.80 Å². The molecule has 0 aliphatic rings. The lowest BCUT2D eigenvalue weighted by Gasteiger charge is -2.12. The third-order valence-electron chi connectivity index (χ3n) is 3.78. The van der Waals surface area contributed by atoms with Crippen molar-refractivity contribution < 1.29 is 4.79 Å². The Bertz CT molecular complexity index is 873. The summed E-state index contributed by atoms with van der Waals surface area (Å²) >= 11 is 3.39. The van der Waals surface area contributed by atoms with Gasteiger partial charge in [0.15, 0.2) is 0 Å². The molecule has 1 N–H and O–H groups in total. The molecule has 1 heterocycles. The number of halogens is 1. The Labute approximate surface area is 160 Å². The highest BCUT2D eigenvalue weighted by molar-refractivity contribution is 9.10. The van der Waals surface area contributed by atoms with Gasteiger partial charge < -0.3 is 10.2 Å². The first-order chi connectivity index (χ1) is 12.5. The molecule has 0 aliphatic heterocycles. The average molecular weight is 415 g/mol. The fourth-order valence-electron chi connectivity index (χ4n) is 2.32. The normalized spacial score (nSPS) is 10.6. The van der Waals surface area contributed by atoms with Gasteiger partial charge in [-0.2, -0.15) is 4.80 Å². The van der Waals surface area contributed by atoms with Gasteiger partial charge in [-0.3, -0.25) is 4.79 Å². The first-order valence-corrected chi connectivity index (χ1v) is 8.87. The number of aromatic nitrogens is 4. The van der Waals surface area contributed by atoms with Crippen LogP contribution in [0.2, 0.25) is 0 Å². The van der Waals surface area contributed by atoms with Gasteiger partial charge >= 0.3 is 0 Å². The zero-order valence-corrected chi connectivity index (χ0v) is 16.1. The van der Waals surface area contributed by atoms with Crippen LogP contribution in [0.3, 0.4) is 0 Å². The molecule has 0 spiro atoms. The highest BCUT2D eigenvalue weighted by Crippen LogP contribution is 2.17. The van der Waals surface area contributed by atoms with Crippen molar-refractivity contribution in [3.63, 3.8) is 0 Å². The predicted molar refractivity (Wildman–Crippen MR) is 104 cm³/mol. The SMILES string of the molecule is CN(C)c1ccc(CNC(=O)Cn2nnc(-c3ccc(Br)cc3)n2)cc1. The Kier molecular flexibility index (Phi) is 5.62. The number of benzene rings is 2. The van der Waals surface area contributed by atoms with Gasteiger partial charge in [0.1, 0.15) is 6.54 Å². The van der Waals surface area contributed by atoms with E-state index in [1.807, 2.05) is 67.5 Å². The summed E-state index contributed by atoms with van der Waals surface area (Å²) in [5, 5.41) is 15.0. The van der Waals surface area contributed by atoms with Gasteiger partial charge in [-0.1, -0.05) is 28.1 Å². The standard InChI is InChI=1S/C18H19BrN6O/c1-24(2)16-9-3-13(4-10-16)11-20-17(26)12-25-22-18(21-23-25)14-5-7-15(19)8-6-14/h3-10H,11-12H2,1-2H3,(H,20,26). The molecule has 0 bridgehead atoms. The van der Waals surface area contributed by atoms with Crippen LogP contribution < -0.4 is 10.2 Å². The highest BCUT2D eigenvalue weighted by Gasteiger charge is 2.09. The number of hydrogen-bond acceptors (Lipinski definition) is 5. The van der Waals surface area contributed by atoms with Gasteiger partial charge in [-0.25, -0.2) is 0 Å². The van der Waals surface area contributed by atoms with E-state index in [9.17, 15) is 4.79 Å². The molecule has 134 valence electrons. The van der Waals surface area contributed by atoms with E-state index in [4.69, 9.17) is 0 Å². The fourth-order valence-corrected chi connectivity index (χ4v) is 2.59. The van der Waals surface area contributed by atoms with Gasteiger partial charge in [-0.05, 0) is 47.2 Å². The molecule has 8 heteroatoms. The molecule has 0 atom stereocenters. The highest BCUT2D eigenvalue weighted by atomic mass is 79.9. The lowest BCUT2D eigenvalue weighted by molar-refractivity contribution is -0.122. The molecule has 7 nitrogen and oxygen atoms in total.